The first-order chi connectivity index (χ1) is 9.32. The van der Waals surface area contributed by atoms with Crippen LogP contribution in [0.25, 0.3) is 0 Å². The Bertz CT molecular complexity index is 314. The molecule has 1 aliphatic heterocycles. The minimum Gasteiger partial charge on any atom is -0.311 e. The lowest BCUT2D eigenvalue weighted by Gasteiger charge is -2.49. The summed E-state index contributed by atoms with van der Waals surface area (Å²) in [6, 6.07) is 0.354. The molecule has 0 aromatic heterocycles. The molecule has 3 nitrogen and oxygen atoms in total. The zero-order valence-corrected chi connectivity index (χ0v) is 12.3. The predicted octanol–water partition coefficient (Wildman–Crippen LogP) is 2.77. The third-order valence-corrected chi connectivity index (χ3v) is 4.75. The normalized spacial score (nSPS) is 27.6. The Morgan fingerprint density at radius 3 is 2.50 bits per heavy atom. The van der Waals surface area contributed by atoms with Crippen LogP contribution in [-0.4, -0.2) is 49.1 Å². The van der Waals surface area contributed by atoms with Crippen molar-refractivity contribution in [2.45, 2.75) is 57.5 Å². The third kappa shape index (κ3) is 3.86. The topological polar surface area (TPSA) is 24.5 Å². The summed E-state index contributed by atoms with van der Waals surface area (Å²) in [4.78, 5) is 2.24. The second kappa shape index (κ2) is 6.20. The molecule has 1 saturated heterocycles. The summed E-state index contributed by atoms with van der Waals surface area (Å²) in [6.07, 6.45) is -0.0166. The van der Waals surface area contributed by atoms with E-state index in [0.29, 0.717) is 18.5 Å². The van der Waals surface area contributed by atoms with E-state index < -0.39 is 6.36 Å². The molecule has 1 aliphatic carbocycles. The van der Waals surface area contributed by atoms with E-state index in [1.165, 1.54) is 12.8 Å². The number of halogens is 3. The van der Waals surface area contributed by atoms with E-state index in [4.69, 9.17) is 0 Å². The third-order valence-electron chi connectivity index (χ3n) is 4.75. The molecule has 20 heavy (non-hydrogen) atoms. The molecule has 1 spiro atoms. The van der Waals surface area contributed by atoms with Gasteiger partial charge in [-0.15, -0.1) is 13.2 Å². The van der Waals surface area contributed by atoms with Gasteiger partial charge in [0.15, 0.2) is 0 Å². The first-order valence-corrected chi connectivity index (χ1v) is 7.51. The minimum absolute atomic E-state index is 0.0559. The number of hydrogen-bond acceptors (Lipinski definition) is 3. The van der Waals surface area contributed by atoms with E-state index >= 15 is 0 Å². The smallest absolute Gasteiger partial charge is 0.311 e. The number of rotatable bonds is 4. The van der Waals surface area contributed by atoms with Gasteiger partial charge in [0, 0.05) is 31.2 Å². The van der Waals surface area contributed by atoms with E-state index in [2.05, 4.69) is 28.8 Å². The van der Waals surface area contributed by atoms with Crippen molar-refractivity contribution in [1.82, 2.24) is 10.2 Å². The molecule has 1 heterocycles. The second-order valence-corrected chi connectivity index (χ2v) is 6.40. The summed E-state index contributed by atoms with van der Waals surface area (Å²) in [6.45, 7) is 6.10. The first kappa shape index (κ1) is 16.0. The van der Waals surface area contributed by atoms with E-state index in [1.54, 1.807) is 0 Å². The highest BCUT2D eigenvalue weighted by Crippen LogP contribution is 2.37. The Hall–Kier alpha value is -0.330. The lowest BCUT2D eigenvalue weighted by molar-refractivity contribution is -0.325. The van der Waals surface area contributed by atoms with Crippen LogP contribution in [0, 0.1) is 5.92 Å². The van der Waals surface area contributed by atoms with Crippen molar-refractivity contribution >= 4 is 0 Å². The number of alkyl halides is 3. The Kier molecular flexibility index (Phi) is 4.97. The fourth-order valence-corrected chi connectivity index (χ4v) is 3.50. The Labute approximate surface area is 118 Å². The van der Waals surface area contributed by atoms with Gasteiger partial charge in [0.25, 0.3) is 0 Å². The van der Waals surface area contributed by atoms with E-state index in [0.717, 1.165) is 25.9 Å². The monoisotopic (exact) mass is 294 g/mol. The highest BCUT2D eigenvalue weighted by Gasteiger charge is 2.44. The van der Waals surface area contributed by atoms with Gasteiger partial charge in [0.05, 0.1) is 6.61 Å². The van der Waals surface area contributed by atoms with Gasteiger partial charge in [0.1, 0.15) is 0 Å². The number of nitrogens with one attached hydrogen (secondary N) is 1. The van der Waals surface area contributed by atoms with Crippen LogP contribution < -0.4 is 5.32 Å². The van der Waals surface area contributed by atoms with Gasteiger partial charge in [-0.1, -0.05) is 26.7 Å². The molecule has 0 amide bonds. The van der Waals surface area contributed by atoms with Crippen LogP contribution in [0.15, 0.2) is 0 Å². The SMILES string of the molecule is CC(C)C1CN(CCOC(F)(F)F)C2(CCCC2)CN1. The Morgan fingerprint density at radius 1 is 1.30 bits per heavy atom. The Balaban J connectivity index is 1.95. The van der Waals surface area contributed by atoms with E-state index in [1.807, 2.05) is 0 Å². The number of hydrogen-bond donors (Lipinski definition) is 1. The fraction of sp³-hybridized carbons (Fsp3) is 1.00. The van der Waals surface area contributed by atoms with Gasteiger partial charge >= 0.3 is 6.36 Å². The van der Waals surface area contributed by atoms with Crippen LogP contribution in [0.1, 0.15) is 39.5 Å². The average Bonchev–Trinajstić information content (AvgIpc) is 2.79. The molecule has 6 heteroatoms. The first-order valence-electron chi connectivity index (χ1n) is 7.51. The molecular weight excluding hydrogens is 269 g/mol. The zero-order chi connectivity index (χ0) is 14.8. The quantitative estimate of drug-likeness (QED) is 0.863. The summed E-state index contributed by atoms with van der Waals surface area (Å²) >= 11 is 0. The molecule has 2 fully saturated rings. The molecule has 1 unspecified atom stereocenters. The second-order valence-electron chi connectivity index (χ2n) is 6.40. The van der Waals surface area contributed by atoms with Crippen LogP contribution in [0.2, 0.25) is 0 Å². The summed E-state index contributed by atoms with van der Waals surface area (Å²) < 4.78 is 40.4. The summed E-state index contributed by atoms with van der Waals surface area (Å²) in [7, 11) is 0. The maximum atomic E-state index is 12.1. The molecule has 0 bridgehead atoms. The van der Waals surface area contributed by atoms with Gasteiger partial charge in [-0.2, -0.15) is 0 Å². The lowest BCUT2D eigenvalue weighted by Crippen LogP contribution is -2.65. The average molecular weight is 294 g/mol. The minimum atomic E-state index is -4.52. The molecule has 2 rings (SSSR count). The lowest BCUT2D eigenvalue weighted by atomic mass is 9.88. The molecule has 1 N–H and O–H groups in total. The number of nitrogens with zero attached hydrogens (tertiary/aromatic N) is 1. The molecule has 1 saturated carbocycles. The Morgan fingerprint density at radius 2 is 1.95 bits per heavy atom. The van der Waals surface area contributed by atoms with Crippen molar-refractivity contribution in [2.75, 3.05) is 26.2 Å². The highest BCUT2D eigenvalue weighted by atomic mass is 19.4. The van der Waals surface area contributed by atoms with Gasteiger partial charge in [-0.25, -0.2) is 0 Å². The van der Waals surface area contributed by atoms with Crippen LogP contribution in [-0.2, 0) is 4.74 Å². The van der Waals surface area contributed by atoms with Crippen molar-refractivity contribution in [3.63, 3.8) is 0 Å². The molecule has 0 aromatic rings. The molecule has 118 valence electrons. The predicted molar refractivity (Wildman–Crippen MR) is 71.4 cm³/mol. The maximum absolute atomic E-state index is 12.1. The van der Waals surface area contributed by atoms with E-state index in [-0.39, 0.29) is 12.1 Å². The largest absolute Gasteiger partial charge is 0.522 e. The van der Waals surface area contributed by atoms with Crippen LogP contribution in [0.4, 0.5) is 13.2 Å². The zero-order valence-electron chi connectivity index (χ0n) is 12.3. The highest BCUT2D eigenvalue weighted by molar-refractivity contribution is 5.02. The standard InChI is InChI=1S/C14H25F3N2O/c1-11(2)12-9-19(7-8-20-14(15,16)17)13(10-18-12)5-3-4-6-13/h11-12,18H,3-10H2,1-2H3. The van der Waals surface area contributed by atoms with Gasteiger partial charge in [-0.05, 0) is 18.8 Å². The van der Waals surface area contributed by atoms with Crippen molar-refractivity contribution in [1.29, 1.82) is 0 Å². The van der Waals surface area contributed by atoms with Crippen molar-refractivity contribution in [2.24, 2.45) is 5.92 Å². The van der Waals surface area contributed by atoms with Crippen molar-refractivity contribution in [3.05, 3.63) is 0 Å². The number of piperazine rings is 1. The molecule has 1 atom stereocenters. The van der Waals surface area contributed by atoms with Gasteiger partial charge in [0.2, 0.25) is 0 Å². The van der Waals surface area contributed by atoms with Crippen LogP contribution in [0.5, 0.6) is 0 Å². The summed E-state index contributed by atoms with van der Waals surface area (Å²) in [5.74, 6) is 0.486. The summed E-state index contributed by atoms with van der Waals surface area (Å²) in [5.41, 5.74) is 0.0559. The maximum Gasteiger partial charge on any atom is 0.522 e. The van der Waals surface area contributed by atoms with Crippen molar-refractivity contribution < 1.29 is 17.9 Å². The molecule has 2 aliphatic rings. The number of ether oxygens (including phenoxy) is 1. The molecular formula is C14H25F3N2O. The fourth-order valence-electron chi connectivity index (χ4n) is 3.50. The summed E-state index contributed by atoms with van der Waals surface area (Å²) in [5, 5.41) is 3.58. The molecule has 0 aromatic carbocycles. The van der Waals surface area contributed by atoms with Gasteiger partial charge < -0.3 is 5.32 Å². The van der Waals surface area contributed by atoms with Gasteiger partial charge in [-0.3, -0.25) is 9.64 Å². The van der Waals surface area contributed by atoms with Crippen molar-refractivity contribution in [3.8, 4) is 0 Å². The van der Waals surface area contributed by atoms with Crippen LogP contribution in [0.3, 0.4) is 0 Å². The molecule has 0 radical (unpaired) electrons. The van der Waals surface area contributed by atoms with Crippen LogP contribution >= 0.6 is 0 Å². The van der Waals surface area contributed by atoms with E-state index in [9.17, 15) is 13.2 Å².